The number of hydrogen-bond acceptors (Lipinski definition) is 2. The van der Waals surface area contributed by atoms with Gasteiger partial charge in [0.2, 0.25) is 6.08 Å². The molecule has 0 aliphatic carbocycles. The monoisotopic (exact) mass is 197 g/mol. The summed E-state index contributed by atoms with van der Waals surface area (Å²) in [5, 5.41) is 2.34. The summed E-state index contributed by atoms with van der Waals surface area (Å²) in [6.45, 7) is 2.06. The summed E-state index contributed by atoms with van der Waals surface area (Å²) in [4.78, 5) is 14.0. The van der Waals surface area contributed by atoms with E-state index < -0.39 is 0 Å². The molecule has 2 heteroatoms. The van der Waals surface area contributed by atoms with Gasteiger partial charge in [-0.3, -0.25) is 0 Å². The van der Waals surface area contributed by atoms with Crippen LogP contribution in [0.5, 0.6) is 0 Å². The van der Waals surface area contributed by atoms with Crippen molar-refractivity contribution in [3.63, 3.8) is 0 Å². The van der Waals surface area contributed by atoms with Gasteiger partial charge in [0, 0.05) is 0 Å². The summed E-state index contributed by atoms with van der Waals surface area (Å²) in [5.74, 6) is 0. The molecule has 2 aromatic carbocycles. The van der Waals surface area contributed by atoms with Crippen LogP contribution in [0.25, 0.3) is 10.8 Å². The Morgan fingerprint density at radius 3 is 2.73 bits per heavy atom. The second kappa shape index (κ2) is 4.07. The van der Waals surface area contributed by atoms with Crippen molar-refractivity contribution in [3.05, 3.63) is 42.0 Å². The van der Waals surface area contributed by atoms with Crippen LogP contribution in [-0.4, -0.2) is 6.08 Å². The summed E-state index contributed by atoms with van der Waals surface area (Å²) in [5.41, 5.74) is 1.84. The predicted molar refractivity (Wildman–Crippen MR) is 61.1 cm³/mol. The first kappa shape index (κ1) is 9.63. The highest BCUT2D eigenvalue weighted by Gasteiger charge is 2.04. The third-order valence-electron chi connectivity index (χ3n) is 2.54. The number of nitrogens with zero attached hydrogens (tertiary/aromatic N) is 1. The molecule has 0 aliphatic rings. The molecule has 0 spiro atoms. The Hall–Kier alpha value is -1.92. The van der Waals surface area contributed by atoms with Gasteiger partial charge in [0.05, 0.1) is 5.69 Å². The SMILES string of the molecule is CCc1c(N=C=O)ccc2ccccc12. The van der Waals surface area contributed by atoms with Crippen molar-refractivity contribution in [1.82, 2.24) is 0 Å². The van der Waals surface area contributed by atoms with Crippen LogP contribution >= 0.6 is 0 Å². The molecule has 2 aromatic rings. The molecule has 0 bridgehead atoms. The molecule has 0 radical (unpaired) electrons. The number of hydrogen-bond donors (Lipinski definition) is 0. The molecule has 0 aliphatic heterocycles. The Kier molecular flexibility index (Phi) is 2.61. The molecule has 15 heavy (non-hydrogen) atoms. The minimum absolute atomic E-state index is 0.728. The van der Waals surface area contributed by atoms with Gasteiger partial charge in [-0.2, -0.15) is 4.99 Å². The van der Waals surface area contributed by atoms with Crippen LogP contribution in [0.1, 0.15) is 12.5 Å². The third kappa shape index (κ3) is 1.67. The van der Waals surface area contributed by atoms with E-state index in [-0.39, 0.29) is 0 Å². The zero-order valence-electron chi connectivity index (χ0n) is 8.53. The molecule has 0 saturated carbocycles. The van der Waals surface area contributed by atoms with Crippen molar-refractivity contribution in [3.8, 4) is 0 Å². The molecule has 74 valence electrons. The summed E-state index contributed by atoms with van der Waals surface area (Å²) in [6, 6.07) is 12.0. The minimum Gasteiger partial charge on any atom is -0.211 e. The van der Waals surface area contributed by atoms with Crippen LogP contribution in [0.4, 0.5) is 5.69 Å². The fourth-order valence-corrected chi connectivity index (χ4v) is 1.85. The molecule has 0 fully saturated rings. The van der Waals surface area contributed by atoms with Gasteiger partial charge < -0.3 is 0 Å². The minimum atomic E-state index is 0.728. The Morgan fingerprint density at radius 2 is 2.00 bits per heavy atom. The van der Waals surface area contributed by atoms with Gasteiger partial charge in [0.15, 0.2) is 0 Å². The third-order valence-corrected chi connectivity index (χ3v) is 2.54. The van der Waals surface area contributed by atoms with Gasteiger partial charge in [0.25, 0.3) is 0 Å². The fraction of sp³-hybridized carbons (Fsp3) is 0.154. The second-order valence-corrected chi connectivity index (χ2v) is 3.34. The average molecular weight is 197 g/mol. The molecule has 0 unspecified atom stereocenters. The maximum absolute atomic E-state index is 10.3. The van der Waals surface area contributed by atoms with E-state index in [2.05, 4.69) is 24.0 Å². The zero-order valence-corrected chi connectivity index (χ0v) is 8.53. The largest absolute Gasteiger partial charge is 0.240 e. The molecule has 0 saturated heterocycles. The molecule has 0 amide bonds. The van der Waals surface area contributed by atoms with Crippen LogP contribution in [0.15, 0.2) is 41.4 Å². The van der Waals surface area contributed by atoms with Crippen LogP contribution in [0.2, 0.25) is 0 Å². The molecule has 2 rings (SSSR count). The van der Waals surface area contributed by atoms with E-state index in [1.54, 1.807) is 6.08 Å². The van der Waals surface area contributed by atoms with Crippen LogP contribution in [0, 0.1) is 0 Å². The number of carbonyl (C=O) groups excluding carboxylic acids is 1. The smallest absolute Gasteiger partial charge is 0.211 e. The van der Waals surface area contributed by atoms with Gasteiger partial charge in [-0.25, -0.2) is 4.79 Å². The second-order valence-electron chi connectivity index (χ2n) is 3.34. The van der Waals surface area contributed by atoms with Crippen LogP contribution < -0.4 is 0 Å². The van der Waals surface area contributed by atoms with E-state index >= 15 is 0 Å². The normalized spacial score (nSPS) is 9.93. The highest BCUT2D eigenvalue weighted by Crippen LogP contribution is 2.28. The number of rotatable bonds is 2. The first-order chi connectivity index (χ1) is 7.36. The van der Waals surface area contributed by atoms with E-state index in [9.17, 15) is 4.79 Å². The van der Waals surface area contributed by atoms with E-state index in [4.69, 9.17) is 0 Å². The standard InChI is InChI=1S/C13H11NO/c1-2-11-12-6-4-3-5-10(12)7-8-13(11)14-9-15/h3-8H,2H2,1H3. The van der Waals surface area contributed by atoms with Gasteiger partial charge in [-0.15, -0.1) is 0 Å². The number of fused-ring (bicyclic) bond motifs is 1. The fourth-order valence-electron chi connectivity index (χ4n) is 1.85. The van der Waals surface area contributed by atoms with E-state index in [0.29, 0.717) is 0 Å². The number of aryl methyl sites for hydroxylation is 1. The molecular formula is C13H11NO. The van der Waals surface area contributed by atoms with Crippen molar-refractivity contribution < 1.29 is 4.79 Å². The maximum atomic E-state index is 10.3. The number of aliphatic imine (C=N–C) groups is 1. The predicted octanol–water partition coefficient (Wildman–Crippen LogP) is 3.37. The highest BCUT2D eigenvalue weighted by atomic mass is 16.1. The lowest BCUT2D eigenvalue weighted by Crippen LogP contribution is -1.84. The van der Waals surface area contributed by atoms with Gasteiger partial charge in [0.1, 0.15) is 0 Å². The van der Waals surface area contributed by atoms with Crippen LogP contribution in [0.3, 0.4) is 0 Å². The lowest BCUT2D eigenvalue weighted by atomic mass is 10.0. The highest BCUT2D eigenvalue weighted by molar-refractivity contribution is 5.89. The van der Waals surface area contributed by atoms with Gasteiger partial charge >= 0.3 is 0 Å². The van der Waals surface area contributed by atoms with Gasteiger partial charge in [-0.05, 0) is 28.8 Å². The molecule has 0 heterocycles. The first-order valence-electron chi connectivity index (χ1n) is 4.95. The quantitative estimate of drug-likeness (QED) is 0.536. The van der Waals surface area contributed by atoms with Gasteiger partial charge in [-0.1, -0.05) is 37.3 Å². The summed E-state index contributed by atoms with van der Waals surface area (Å²) < 4.78 is 0. The average Bonchev–Trinajstić information content (AvgIpc) is 2.29. The maximum Gasteiger partial charge on any atom is 0.240 e. The Morgan fingerprint density at radius 1 is 1.20 bits per heavy atom. The molecule has 0 atom stereocenters. The zero-order chi connectivity index (χ0) is 10.7. The van der Waals surface area contributed by atoms with Crippen molar-refractivity contribution in [1.29, 1.82) is 0 Å². The van der Waals surface area contributed by atoms with Crippen molar-refractivity contribution in [2.24, 2.45) is 4.99 Å². The number of benzene rings is 2. The molecule has 0 aromatic heterocycles. The summed E-state index contributed by atoms with van der Waals surface area (Å²) in [7, 11) is 0. The number of isocyanates is 1. The van der Waals surface area contributed by atoms with Crippen molar-refractivity contribution in [2.45, 2.75) is 13.3 Å². The molecule has 2 nitrogen and oxygen atoms in total. The summed E-state index contributed by atoms with van der Waals surface area (Å²) in [6.07, 6.45) is 2.46. The Balaban J connectivity index is 2.80. The Bertz CT molecular complexity index is 539. The first-order valence-corrected chi connectivity index (χ1v) is 4.95. The van der Waals surface area contributed by atoms with Crippen molar-refractivity contribution in [2.75, 3.05) is 0 Å². The Labute approximate surface area is 88.3 Å². The van der Waals surface area contributed by atoms with Crippen LogP contribution in [-0.2, 0) is 11.2 Å². The molecule has 0 N–H and O–H groups in total. The lowest BCUT2D eigenvalue weighted by molar-refractivity contribution is 0.565. The van der Waals surface area contributed by atoms with Crippen molar-refractivity contribution >= 4 is 22.5 Å². The topological polar surface area (TPSA) is 29.4 Å². The van der Waals surface area contributed by atoms with E-state index in [1.165, 1.54) is 5.39 Å². The molecular weight excluding hydrogens is 186 g/mol. The van der Waals surface area contributed by atoms with E-state index in [1.807, 2.05) is 24.3 Å². The summed E-state index contributed by atoms with van der Waals surface area (Å²) >= 11 is 0. The van der Waals surface area contributed by atoms with E-state index in [0.717, 1.165) is 23.1 Å². The lowest BCUT2D eigenvalue weighted by Gasteiger charge is -2.06.